The van der Waals surface area contributed by atoms with Gasteiger partial charge in [-0.25, -0.2) is 4.79 Å². The van der Waals surface area contributed by atoms with Gasteiger partial charge < -0.3 is 15.7 Å². The van der Waals surface area contributed by atoms with Gasteiger partial charge in [-0.1, -0.05) is 49.6 Å². The maximum atomic E-state index is 11.8. The summed E-state index contributed by atoms with van der Waals surface area (Å²) in [4.78, 5) is 11.8. The molecule has 2 amide bonds. The van der Waals surface area contributed by atoms with Crippen molar-refractivity contribution < 1.29 is 9.90 Å². The summed E-state index contributed by atoms with van der Waals surface area (Å²) in [5.74, 6) is 0. The van der Waals surface area contributed by atoms with Gasteiger partial charge in [-0.3, -0.25) is 0 Å². The highest BCUT2D eigenvalue weighted by Gasteiger charge is 2.31. The minimum Gasteiger partial charge on any atom is -0.396 e. The standard InChI is InChI=1S/C16H24N2O2/c19-13-16(9-5-2-6-10-16)12-18-15(20)17-11-14-7-3-1-4-8-14/h1,3-4,7-8,19H,2,5-6,9-13H2,(H2,17,18,20). The van der Waals surface area contributed by atoms with Crippen LogP contribution in [-0.4, -0.2) is 24.3 Å². The quantitative estimate of drug-likeness (QED) is 0.773. The first-order valence-corrected chi connectivity index (χ1v) is 7.41. The SMILES string of the molecule is O=C(NCc1ccccc1)NCC1(CO)CCCCC1. The molecule has 0 saturated heterocycles. The van der Waals surface area contributed by atoms with Crippen LogP contribution in [0, 0.1) is 5.41 Å². The number of carbonyl (C=O) groups excluding carboxylic acids is 1. The normalized spacial score (nSPS) is 17.4. The Kier molecular flexibility index (Phi) is 5.41. The predicted molar refractivity (Wildman–Crippen MR) is 79.3 cm³/mol. The van der Waals surface area contributed by atoms with Crippen LogP contribution in [0.5, 0.6) is 0 Å². The Morgan fingerprint density at radius 2 is 1.80 bits per heavy atom. The molecule has 3 N–H and O–H groups in total. The molecule has 0 radical (unpaired) electrons. The minimum absolute atomic E-state index is 0.109. The van der Waals surface area contributed by atoms with E-state index >= 15 is 0 Å². The lowest BCUT2D eigenvalue weighted by atomic mass is 9.74. The molecular formula is C16H24N2O2. The van der Waals surface area contributed by atoms with Crippen LogP contribution >= 0.6 is 0 Å². The number of hydrogen-bond donors (Lipinski definition) is 3. The highest BCUT2D eigenvalue weighted by molar-refractivity contribution is 5.73. The number of carbonyl (C=O) groups is 1. The fraction of sp³-hybridized carbons (Fsp3) is 0.562. The molecule has 110 valence electrons. The molecule has 0 atom stereocenters. The van der Waals surface area contributed by atoms with Crippen molar-refractivity contribution >= 4 is 6.03 Å². The summed E-state index contributed by atoms with van der Waals surface area (Å²) in [6.45, 7) is 1.24. The van der Waals surface area contributed by atoms with E-state index in [2.05, 4.69) is 10.6 Å². The van der Waals surface area contributed by atoms with Crippen LogP contribution in [0.1, 0.15) is 37.7 Å². The van der Waals surface area contributed by atoms with E-state index in [0.717, 1.165) is 31.2 Å². The third-order valence-corrected chi connectivity index (χ3v) is 4.17. The van der Waals surface area contributed by atoms with Crippen LogP contribution < -0.4 is 10.6 Å². The zero-order valence-electron chi connectivity index (χ0n) is 11.9. The predicted octanol–water partition coefficient (Wildman–Crippen LogP) is 2.43. The van der Waals surface area contributed by atoms with Crippen LogP contribution in [0.2, 0.25) is 0 Å². The summed E-state index contributed by atoms with van der Waals surface area (Å²) < 4.78 is 0. The van der Waals surface area contributed by atoms with Gasteiger partial charge in [0.2, 0.25) is 0 Å². The van der Waals surface area contributed by atoms with Crippen molar-refractivity contribution in [1.29, 1.82) is 0 Å². The van der Waals surface area contributed by atoms with Gasteiger partial charge in [-0.2, -0.15) is 0 Å². The molecule has 0 bridgehead atoms. The summed E-state index contributed by atoms with van der Waals surface area (Å²) >= 11 is 0. The second-order valence-corrected chi connectivity index (χ2v) is 5.74. The molecule has 0 aromatic heterocycles. The minimum atomic E-state index is -0.160. The molecule has 2 rings (SSSR count). The van der Waals surface area contributed by atoms with Crippen LogP contribution in [-0.2, 0) is 6.54 Å². The highest BCUT2D eigenvalue weighted by atomic mass is 16.3. The van der Waals surface area contributed by atoms with Crippen LogP contribution in [0.15, 0.2) is 30.3 Å². The van der Waals surface area contributed by atoms with Crippen molar-refractivity contribution in [3.63, 3.8) is 0 Å². The van der Waals surface area contributed by atoms with E-state index in [1.165, 1.54) is 6.42 Å². The molecule has 4 heteroatoms. The molecule has 0 aliphatic heterocycles. The number of aliphatic hydroxyl groups excluding tert-OH is 1. The summed E-state index contributed by atoms with van der Waals surface area (Å²) in [7, 11) is 0. The number of hydrogen-bond acceptors (Lipinski definition) is 2. The zero-order valence-corrected chi connectivity index (χ0v) is 11.9. The van der Waals surface area contributed by atoms with Crippen molar-refractivity contribution in [3.05, 3.63) is 35.9 Å². The number of aliphatic hydroxyl groups is 1. The Labute approximate surface area is 120 Å². The average Bonchev–Trinajstić information content (AvgIpc) is 2.53. The number of rotatable bonds is 5. The number of urea groups is 1. The second kappa shape index (κ2) is 7.29. The zero-order chi connectivity index (χ0) is 14.3. The van der Waals surface area contributed by atoms with Gasteiger partial charge in [-0.05, 0) is 18.4 Å². The summed E-state index contributed by atoms with van der Waals surface area (Å²) in [5.41, 5.74) is 0.972. The van der Waals surface area contributed by atoms with Crippen molar-refractivity contribution in [1.82, 2.24) is 10.6 Å². The van der Waals surface area contributed by atoms with E-state index < -0.39 is 0 Å². The largest absolute Gasteiger partial charge is 0.396 e. The van der Waals surface area contributed by atoms with Crippen molar-refractivity contribution in [3.8, 4) is 0 Å². The number of benzene rings is 1. The maximum absolute atomic E-state index is 11.8. The smallest absolute Gasteiger partial charge is 0.315 e. The number of nitrogens with one attached hydrogen (secondary N) is 2. The van der Waals surface area contributed by atoms with Crippen molar-refractivity contribution in [2.24, 2.45) is 5.41 Å². The Bertz CT molecular complexity index is 414. The van der Waals surface area contributed by atoms with Crippen LogP contribution in [0.25, 0.3) is 0 Å². The van der Waals surface area contributed by atoms with Gasteiger partial charge in [0, 0.05) is 18.5 Å². The van der Waals surface area contributed by atoms with E-state index in [9.17, 15) is 9.90 Å². The van der Waals surface area contributed by atoms with E-state index in [0.29, 0.717) is 13.1 Å². The molecule has 20 heavy (non-hydrogen) atoms. The summed E-state index contributed by atoms with van der Waals surface area (Å²) in [6, 6.07) is 9.67. The van der Waals surface area contributed by atoms with Gasteiger partial charge in [0.25, 0.3) is 0 Å². The molecule has 1 aliphatic carbocycles. The third kappa shape index (κ3) is 4.23. The lowest BCUT2D eigenvalue weighted by Gasteiger charge is -2.35. The van der Waals surface area contributed by atoms with Gasteiger partial charge in [-0.15, -0.1) is 0 Å². The molecule has 4 nitrogen and oxygen atoms in total. The second-order valence-electron chi connectivity index (χ2n) is 5.74. The first-order chi connectivity index (χ1) is 9.74. The molecule has 1 aromatic carbocycles. The van der Waals surface area contributed by atoms with E-state index in [1.54, 1.807) is 0 Å². The van der Waals surface area contributed by atoms with E-state index in [1.807, 2.05) is 30.3 Å². The van der Waals surface area contributed by atoms with E-state index in [-0.39, 0.29) is 18.1 Å². The van der Waals surface area contributed by atoms with Crippen LogP contribution in [0.3, 0.4) is 0 Å². The van der Waals surface area contributed by atoms with Gasteiger partial charge in [0.15, 0.2) is 0 Å². The van der Waals surface area contributed by atoms with Gasteiger partial charge >= 0.3 is 6.03 Å². The number of amides is 2. The Hall–Kier alpha value is -1.55. The molecule has 1 aromatic rings. The first-order valence-electron chi connectivity index (χ1n) is 7.41. The third-order valence-electron chi connectivity index (χ3n) is 4.17. The molecule has 1 fully saturated rings. The topological polar surface area (TPSA) is 61.4 Å². The molecule has 0 spiro atoms. The van der Waals surface area contributed by atoms with Crippen molar-refractivity contribution in [2.45, 2.75) is 38.6 Å². The lowest BCUT2D eigenvalue weighted by molar-refractivity contribution is 0.0834. The molecule has 1 saturated carbocycles. The highest BCUT2D eigenvalue weighted by Crippen LogP contribution is 2.35. The van der Waals surface area contributed by atoms with Crippen LogP contribution in [0.4, 0.5) is 4.79 Å². The fourth-order valence-electron chi connectivity index (χ4n) is 2.80. The monoisotopic (exact) mass is 276 g/mol. The Morgan fingerprint density at radius 3 is 2.45 bits per heavy atom. The van der Waals surface area contributed by atoms with Gasteiger partial charge in [0.05, 0.1) is 6.61 Å². The molecule has 0 unspecified atom stereocenters. The van der Waals surface area contributed by atoms with Gasteiger partial charge in [0.1, 0.15) is 0 Å². The molecular weight excluding hydrogens is 252 g/mol. The summed E-state index contributed by atoms with van der Waals surface area (Å²) in [6.07, 6.45) is 5.54. The van der Waals surface area contributed by atoms with Crippen molar-refractivity contribution in [2.75, 3.05) is 13.2 Å². The Morgan fingerprint density at radius 1 is 1.10 bits per heavy atom. The first kappa shape index (κ1) is 14.9. The molecule has 1 aliphatic rings. The molecule has 0 heterocycles. The Balaban J connectivity index is 1.74. The maximum Gasteiger partial charge on any atom is 0.315 e. The average molecular weight is 276 g/mol. The lowest BCUT2D eigenvalue weighted by Crippen LogP contribution is -2.44. The summed E-state index contributed by atoms with van der Waals surface area (Å²) in [5, 5.41) is 15.3. The van der Waals surface area contributed by atoms with E-state index in [4.69, 9.17) is 0 Å². The fourth-order valence-corrected chi connectivity index (χ4v) is 2.80.